The van der Waals surface area contributed by atoms with Gasteiger partial charge in [-0.25, -0.2) is 8.78 Å². The normalized spacial score (nSPS) is 30.7. The third-order valence-electron chi connectivity index (χ3n) is 8.15. The molecule has 3 aliphatic rings. The predicted octanol–water partition coefficient (Wildman–Crippen LogP) is 1.23. The molecule has 0 radical (unpaired) electrons. The van der Waals surface area contributed by atoms with Crippen LogP contribution in [0.5, 0.6) is 5.75 Å². The highest BCUT2D eigenvalue weighted by molar-refractivity contribution is 6.16. The molecule has 6 N–H and O–H groups in total. The van der Waals surface area contributed by atoms with E-state index in [1.165, 1.54) is 17.0 Å². The summed E-state index contributed by atoms with van der Waals surface area (Å²) < 4.78 is 28.0. The molecule has 0 bridgehead atoms. The van der Waals surface area contributed by atoms with Gasteiger partial charge in [0, 0.05) is 23.6 Å². The first-order valence-electron chi connectivity index (χ1n) is 12.0. The standard InChI is InChI=1S/C27H26F2N2O7/c1-31(2)21-16-8-11-7-15-14(10-5-12(28)9-13(29)6-10)3-4-17(32)19(15)22(33)18(11)24(35)27(16,38)25(36)20(23(21)34)26(30)37/h3-6,9,11,16,20-21,23,32,34-35,38H,7-8H2,1-2H3,(H2,30,37)/t11-,16-,20?,21-,23?,27-/m0/s1. The van der Waals surface area contributed by atoms with Crippen LogP contribution in [0.1, 0.15) is 22.3 Å². The first-order valence-corrected chi connectivity index (χ1v) is 12.0. The van der Waals surface area contributed by atoms with E-state index in [-0.39, 0.29) is 35.1 Å². The molecule has 5 rings (SSSR count). The number of carbonyl (C=O) groups is 3. The van der Waals surface area contributed by atoms with E-state index >= 15 is 0 Å². The molecule has 0 heterocycles. The molecule has 2 aromatic carbocycles. The quantitative estimate of drug-likeness (QED) is 0.372. The van der Waals surface area contributed by atoms with Crippen LogP contribution < -0.4 is 5.73 Å². The number of amides is 1. The van der Waals surface area contributed by atoms with Crippen molar-refractivity contribution in [2.45, 2.75) is 30.6 Å². The fourth-order valence-corrected chi connectivity index (χ4v) is 6.59. The fourth-order valence-electron chi connectivity index (χ4n) is 6.59. The number of aromatic hydroxyl groups is 1. The zero-order valence-electron chi connectivity index (χ0n) is 20.5. The summed E-state index contributed by atoms with van der Waals surface area (Å²) in [5.74, 6) is -10.1. The summed E-state index contributed by atoms with van der Waals surface area (Å²) in [6.07, 6.45) is -1.64. The molecule has 6 atom stereocenters. The minimum atomic E-state index is -2.69. The van der Waals surface area contributed by atoms with Gasteiger partial charge in [-0.05, 0) is 67.7 Å². The number of ketones is 2. The summed E-state index contributed by atoms with van der Waals surface area (Å²) in [5, 5.41) is 44.5. The molecule has 3 aliphatic carbocycles. The number of allylic oxidation sites excluding steroid dienone is 1. The topological polar surface area (TPSA) is 161 Å². The molecule has 0 saturated heterocycles. The van der Waals surface area contributed by atoms with Gasteiger partial charge in [-0.1, -0.05) is 6.07 Å². The number of phenolic OH excluding ortho intramolecular Hbond substituents is 1. The molecule has 1 amide bonds. The molecule has 200 valence electrons. The minimum Gasteiger partial charge on any atom is -0.508 e. The number of aliphatic hydroxyl groups excluding tert-OH is 2. The molecular weight excluding hydrogens is 502 g/mol. The van der Waals surface area contributed by atoms with E-state index < -0.39 is 76.1 Å². The number of likely N-dealkylation sites (N-methyl/N-ethyl adjacent to an activating group) is 1. The van der Waals surface area contributed by atoms with Gasteiger partial charge in [0.2, 0.25) is 5.91 Å². The van der Waals surface area contributed by atoms with Gasteiger partial charge in [0.05, 0.1) is 11.7 Å². The van der Waals surface area contributed by atoms with Crippen molar-refractivity contribution in [3.8, 4) is 16.9 Å². The summed E-state index contributed by atoms with van der Waals surface area (Å²) in [5.41, 5.74) is 2.86. The number of carbonyl (C=O) groups excluding carboxylic acids is 3. The second kappa shape index (κ2) is 8.69. The number of fused-ring (bicyclic) bond motifs is 3. The Labute approximate surface area is 215 Å². The lowest BCUT2D eigenvalue weighted by molar-refractivity contribution is -0.178. The number of benzene rings is 2. The Morgan fingerprint density at radius 3 is 2.32 bits per heavy atom. The van der Waals surface area contributed by atoms with Gasteiger partial charge in [-0.2, -0.15) is 0 Å². The maximum absolute atomic E-state index is 14.0. The highest BCUT2D eigenvalue weighted by atomic mass is 19.1. The molecule has 2 unspecified atom stereocenters. The SMILES string of the molecule is CN(C)[C@@H]1C(O)C(C(N)=O)C(=O)[C@@]2(O)C(O)=C3C(=O)c4c(O)ccc(-c5cc(F)cc(F)c5)c4C[C@H]3C[C@@H]12. The van der Waals surface area contributed by atoms with Crippen LogP contribution >= 0.6 is 0 Å². The van der Waals surface area contributed by atoms with Crippen molar-refractivity contribution >= 4 is 17.5 Å². The van der Waals surface area contributed by atoms with E-state index in [9.17, 15) is 43.6 Å². The Kier molecular flexibility index (Phi) is 5.93. The molecular formula is C27H26F2N2O7. The summed E-state index contributed by atoms with van der Waals surface area (Å²) in [6, 6.07) is 4.48. The zero-order chi connectivity index (χ0) is 27.8. The number of aliphatic hydroxyl groups is 3. The van der Waals surface area contributed by atoms with E-state index in [0.29, 0.717) is 11.6 Å². The maximum Gasteiger partial charge on any atom is 0.230 e. The monoisotopic (exact) mass is 528 g/mol. The van der Waals surface area contributed by atoms with Crippen LogP contribution in [0, 0.1) is 29.4 Å². The van der Waals surface area contributed by atoms with Crippen LogP contribution in [0.25, 0.3) is 11.1 Å². The van der Waals surface area contributed by atoms with E-state index in [0.717, 1.165) is 12.1 Å². The first kappa shape index (κ1) is 26.0. The third-order valence-corrected chi connectivity index (χ3v) is 8.15. The average molecular weight is 529 g/mol. The number of hydrogen-bond acceptors (Lipinski definition) is 8. The van der Waals surface area contributed by atoms with Crippen molar-refractivity contribution in [2.75, 3.05) is 14.1 Å². The van der Waals surface area contributed by atoms with Gasteiger partial charge >= 0.3 is 0 Å². The molecule has 38 heavy (non-hydrogen) atoms. The minimum absolute atomic E-state index is 0.0125. The van der Waals surface area contributed by atoms with Crippen molar-refractivity contribution in [1.29, 1.82) is 0 Å². The van der Waals surface area contributed by atoms with Crippen LogP contribution in [0.2, 0.25) is 0 Å². The number of halogens is 2. The average Bonchev–Trinajstić information content (AvgIpc) is 2.80. The highest BCUT2D eigenvalue weighted by Gasteiger charge is 2.66. The Morgan fingerprint density at radius 1 is 1.11 bits per heavy atom. The smallest absolute Gasteiger partial charge is 0.230 e. The largest absolute Gasteiger partial charge is 0.508 e. The Balaban J connectivity index is 1.72. The number of nitrogens with two attached hydrogens (primary N) is 1. The van der Waals surface area contributed by atoms with Crippen molar-refractivity contribution < 1.29 is 43.6 Å². The van der Waals surface area contributed by atoms with Crippen molar-refractivity contribution in [3.05, 3.63) is 64.4 Å². The summed E-state index contributed by atoms with van der Waals surface area (Å²) in [6.45, 7) is 0. The predicted molar refractivity (Wildman–Crippen MR) is 129 cm³/mol. The Bertz CT molecular complexity index is 1420. The van der Waals surface area contributed by atoms with Gasteiger partial charge in [0.25, 0.3) is 0 Å². The fraction of sp³-hybridized carbons (Fsp3) is 0.370. The van der Waals surface area contributed by atoms with Gasteiger partial charge in [0.15, 0.2) is 17.2 Å². The van der Waals surface area contributed by atoms with E-state index in [2.05, 4.69) is 0 Å². The molecule has 0 spiro atoms. The van der Waals surface area contributed by atoms with Crippen LogP contribution in [0.4, 0.5) is 8.78 Å². The lowest BCUT2D eigenvalue weighted by Crippen LogP contribution is -2.71. The number of Topliss-reactive ketones (excluding diaryl/α,β-unsaturated/α-hetero) is 2. The van der Waals surface area contributed by atoms with Crippen LogP contribution in [-0.2, 0) is 16.0 Å². The van der Waals surface area contributed by atoms with Crippen molar-refractivity contribution in [2.24, 2.45) is 23.5 Å². The van der Waals surface area contributed by atoms with Crippen LogP contribution in [0.3, 0.4) is 0 Å². The lowest BCUT2D eigenvalue weighted by atomic mass is 9.55. The van der Waals surface area contributed by atoms with Crippen LogP contribution in [0.15, 0.2) is 41.7 Å². The maximum atomic E-state index is 14.0. The van der Waals surface area contributed by atoms with Gasteiger partial charge in [-0.15, -0.1) is 0 Å². The Hall–Kier alpha value is -3.67. The molecule has 1 saturated carbocycles. The summed E-state index contributed by atoms with van der Waals surface area (Å²) in [7, 11) is 3.13. The van der Waals surface area contributed by atoms with Gasteiger partial charge < -0.3 is 31.1 Å². The molecule has 1 fully saturated rings. The molecule has 9 nitrogen and oxygen atoms in total. The van der Waals surface area contributed by atoms with Crippen LogP contribution in [-0.4, -0.2) is 74.6 Å². The number of nitrogens with zero attached hydrogens (tertiary/aromatic N) is 1. The second-order valence-corrected chi connectivity index (χ2v) is 10.4. The molecule has 0 aromatic heterocycles. The highest BCUT2D eigenvalue weighted by Crippen LogP contribution is 2.53. The van der Waals surface area contributed by atoms with E-state index in [1.54, 1.807) is 14.1 Å². The third kappa shape index (κ3) is 3.49. The molecule has 11 heteroatoms. The second-order valence-electron chi connectivity index (χ2n) is 10.4. The number of phenols is 1. The zero-order valence-corrected chi connectivity index (χ0v) is 20.5. The van der Waals surface area contributed by atoms with E-state index in [4.69, 9.17) is 5.73 Å². The number of primary amides is 1. The molecule has 2 aromatic rings. The summed E-state index contributed by atoms with van der Waals surface area (Å²) in [4.78, 5) is 40.7. The number of hydrogen-bond donors (Lipinski definition) is 5. The Morgan fingerprint density at radius 2 is 1.74 bits per heavy atom. The van der Waals surface area contributed by atoms with Crippen molar-refractivity contribution in [3.63, 3.8) is 0 Å². The number of rotatable bonds is 3. The van der Waals surface area contributed by atoms with E-state index in [1.807, 2.05) is 0 Å². The van der Waals surface area contributed by atoms with Crippen molar-refractivity contribution in [1.82, 2.24) is 4.90 Å². The van der Waals surface area contributed by atoms with Gasteiger partial charge in [0.1, 0.15) is 29.1 Å². The molecule has 0 aliphatic heterocycles. The lowest BCUT2D eigenvalue weighted by Gasteiger charge is -2.53. The first-order chi connectivity index (χ1) is 17.8. The van der Waals surface area contributed by atoms with Gasteiger partial charge in [-0.3, -0.25) is 14.4 Å². The summed E-state index contributed by atoms with van der Waals surface area (Å²) >= 11 is 0.